The Morgan fingerprint density at radius 2 is 1.96 bits per heavy atom. The number of aromatic amines is 1. The Morgan fingerprint density at radius 1 is 1.20 bits per heavy atom. The van der Waals surface area contributed by atoms with Crippen LogP contribution in [0.1, 0.15) is 4.88 Å². The first-order valence-electron chi connectivity index (χ1n) is 7.63. The number of nitrogens with zero attached hydrogens (tertiary/aromatic N) is 5. The molecule has 3 aromatic rings. The summed E-state index contributed by atoms with van der Waals surface area (Å²) in [5.41, 5.74) is 0.769. The first kappa shape index (κ1) is 17.6. The summed E-state index contributed by atoms with van der Waals surface area (Å²) < 4.78 is 6.88. The van der Waals surface area contributed by atoms with Crippen LogP contribution in [-0.2, 0) is 11.3 Å². The Kier molecular flexibility index (Phi) is 5.47. The number of morpholine rings is 1. The zero-order valence-electron chi connectivity index (χ0n) is 13.3. The quantitative estimate of drug-likeness (QED) is 0.735. The molecule has 25 heavy (non-hydrogen) atoms. The maximum atomic E-state index is 11.5. The van der Waals surface area contributed by atoms with E-state index in [1.807, 2.05) is 24.5 Å². The molecule has 0 amide bonds. The number of nitrogens with one attached hydrogen (secondary N) is 1. The van der Waals surface area contributed by atoms with Crippen LogP contribution in [0.25, 0.3) is 10.4 Å². The summed E-state index contributed by atoms with van der Waals surface area (Å²) in [5, 5.41) is 6.13. The van der Waals surface area contributed by atoms with E-state index in [0.717, 1.165) is 34.4 Å². The van der Waals surface area contributed by atoms with Crippen LogP contribution in [0.3, 0.4) is 0 Å². The molecule has 8 nitrogen and oxygen atoms in total. The second kappa shape index (κ2) is 7.77. The molecule has 4 heterocycles. The van der Waals surface area contributed by atoms with Gasteiger partial charge in [-0.15, -0.1) is 23.7 Å². The van der Waals surface area contributed by atoms with Gasteiger partial charge < -0.3 is 9.64 Å². The first-order valence-corrected chi connectivity index (χ1v) is 8.45. The Balaban J connectivity index is 0.00000182. The molecule has 0 bridgehead atoms. The molecular weight excluding hydrogens is 364 g/mol. The van der Waals surface area contributed by atoms with Gasteiger partial charge in [-0.25, -0.2) is 19.9 Å². The zero-order valence-corrected chi connectivity index (χ0v) is 14.9. The number of hydrogen-bond acceptors (Lipinski definition) is 7. The fraction of sp³-hybridized carbons (Fsp3) is 0.333. The van der Waals surface area contributed by atoms with Gasteiger partial charge in [0.25, 0.3) is 0 Å². The Hall–Kier alpha value is -2.23. The minimum absolute atomic E-state index is 0. The molecule has 3 aromatic heterocycles. The van der Waals surface area contributed by atoms with Crippen LogP contribution in [0.5, 0.6) is 0 Å². The van der Waals surface area contributed by atoms with Crippen LogP contribution in [-0.4, -0.2) is 51.0 Å². The molecule has 0 radical (unpaired) electrons. The number of H-pyrrole nitrogens is 1. The Labute approximate surface area is 153 Å². The standard InChI is InChI=1S/C15H16N6O2S.ClH/c22-15-19-18-10-21(15)9-12-1-2-13(24-12)11-7-16-14(17-8-11)20-3-5-23-6-4-20;/h1-2,7-8,10H,3-6,9H2,(H,19,22);1H. The molecule has 0 atom stereocenters. The maximum absolute atomic E-state index is 11.5. The van der Waals surface area contributed by atoms with Crippen molar-refractivity contribution in [2.24, 2.45) is 0 Å². The molecule has 1 saturated heterocycles. The number of anilines is 1. The van der Waals surface area contributed by atoms with Gasteiger partial charge in [0.2, 0.25) is 5.95 Å². The van der Waals surface area contributed by atoms with Crippen molar-refractivity contribution in [3.05, 3.63) is 46.2 Å². The van der Waals surface area contributed by atoms with Gasteiger partial charge in [-0.05, 0) is 12.1 Å². The van der Waals surface area contributed by atoms with Gasteiger partial charge >= 0.3 is 5.69 Å². The Morgan fingerprint density at radius 3 is 2.64 bits per heavy atom. The van der Waals surface area contributed by atoms with Crippen molar-refractivity contribution in [1.29, 1.82) is 0 Å². The van der Waals surface area contributed by atoms with Crippen LogP contribution in [0.4, 0.5) is 5.95 Å². The molecule has 1 fully saturated rings. The smallest absolute Gasteiger partial charge is 0.343 e. The largest absolute Gasteiger partial charge is 0.378 e. The minimum Gasteiger partial charge on any atom is -0.378 e. The summed E-state index contributed by atoms with van der Waals surface area (Å²) in [7, 11) is 0. The number of rotatable bonds is 4. The second-order valence-electron chi connectivity index (χ2n) is 5.43. The van der Waals surface area contributed by atoms with Gasteiger partial charge in [0.1, 0.15) is 6.33 Å². The number of ether oxygens (including phenoxy) is 1. The summed E-state index contributed by atoms with van der Waals surface area (Å²) in [6.07, 6.45) is 5.19. The van der Waals surface area contributed by atoms with Crippen LogP contribution in [0.15, 0.2) is 35.6 Å². The Bertz CT molecular complexity index is 869. The SMILES string of the molecule is Cl.O=c1[nH]ncn1Cc1ccc(-c2cnc(N3CCOCC3)nc2)s1. The van der Waals surface area contributed by atoms with E-state index in [0.29, 0.717) is 19.8 Å². The molecule has 1 aliphatic rings. The number of aromatic nitrogens is 5. The third kappa shape index (κ3) is 3.89. The van der Waals surface area contributed by atoms with Gasteiger partial charge in [-0.1, -0.05) is 0 Å². The van der Waals surface area contributed by atoms with Crippen molar-refractivity contribution < 1.29 is 4.74 Å². The summed E-state index contributed by atoms with van der Waals surface area (Å²) in [6.45, 7) is 3.58. The van der Waals surface area contributed by atoms with E-state index in [1.165, 1.54) is 10.9 Å². The highest BCUT2D eigenvalue weighted by Crippen LogP contribution is 2.28. The second-order valence-corrected chi connectivity index (χ2v) is 6.59. The van der Waals surface area contributed by atoms with Crippen molar-refractivity contribution in [3.63, 3.8) is 0 Å². The summed E-state index contributed by atoms with van der Waals surface area (Å²) >= 11 is 1.62. The topological polar surface area (TPSA) is 88.9 Å². The van der Waals surface area contributed by atoms with Gasteiger partial charge in [0.05, 0.1) is 19.8 Å². The van der Waals surface area contributed by atoms with E-state index in [2.05, 4.69) is 25.1 Å². The highest BCUT2D eigenvalue weighted by molar-refractivity contribution is 7.15. The van der Waals surface area contributed by atoms with E-state index in [4.69, 9.17) is 4.74 Å². The predicted octanol–water partition coefficient (Wildman–Crippen LogP) is 1.40. The molecule has 0 saturated carbocycles. The number of halogens is 1. The maximum Gasteiger partial charge on any atom is 0.343 e. The molecule has 0 aliphatic carbocycles. The van der Waals surface area contributed by atoms with E-state index >= 15 is 0 Å². The van der Waals surface area contributed by atoms with Crippen molar-refractivity contribution in [1.82, 2.24) is 24.7 Å². The first-order chi connectivity index (χ1) is 11.8. The lowest BCUT2D eigenvalue weighted by Crippen LogP contribution is -2.37. The molecular formula is C15H17ClN6O2S. The lowest BCUT2D eigenvalue weighted by atomic mass is 10.3. The summed E-state index contributed by atoms with van der Waals surface area (Å²) in [4.78, 5) is 24.7. The van der Waals surface area contributed by atoms with Crippen LogP contribution in [0.2, 0.25) is 0 Å². The van der Waals surface area contributed by atoms with E-state index in [9.17, 15) is 4.79 Å². The summed E-state index contributed by atoms with van der Waals surface area (Å²) in [6, 6.07) is 4.04. The average Bonchev–Trinajstić information content (AvgIpc) is 3.26. The van der Waals surface area contributed by atoms with Crippen LogP contribution < -0.4 is 10.6 Å². The van der Waals surface area contributed by atoms with Gasteiger partial charge in [-0.3, -0.25) is 4.57 Å². The summed E-state index contributed by atoms with van der Waals surface area (Å²) in [5.74, 6) is 0.740. The highest BCUT2D eigenvalue weighted by atomic mass is 35.5. The van der Waals surface area contributed by atoms with Gasteiger partial charge in [0.15, 0.2) is 0 Å². The molecule has 0 unspecified atom stereocenters. The van der Waals surface area contributed by atoms with Crippen molar-refractivity contribution >= 4 is 29.7 Å². The van der Waals surface area contributed by atoms with Crippen molar-refractivity contribution in [2.45, 2.75) is 6.54 Å². The third-order valence-corrected chi connectivity index (χ3v) is 4.94. The molecule has 4 rings (SSSR count). The van der Waals surface area contributed by atoms with Gasteiger partial charge in [0, 0.05) is 40.8 Å². The number of hydrogen-bond donors (Lipinski definition) is 1. The van der Waals surface area contributed by atoms with E-state index in [1.54, 1.807) is 11.3 Å². The van der Waals surface area contributed by atoms with E-state index in [-0.39, 0.29) is 18.1 Å². The fourth-order valence-corrected chi connectivity index (χ4v) is 3.53. The molecule has 0 spiro atoms. The lowest BCUT2D eigenvalue weighted by Gasteiger charge is -2.26. The van der Waals surface area contributed by atoms with Crippen LogP contribution >= 0.6 is 23.7 Å². The van der Waals surface area contributed by atoms with Crippen molar-refractivity contribution in [2.75, 3.05) is 31.2 Å². The third-order valence-electron chi connectivity index (χ3n) is 3.82. The lowest BCUT2D eigenvalue weighted by molar-refractivity contribution is 0.122. The molecule has 1 N–H and O–H groups in total. The molecule has 1 aliphatic heterocycles. The molecule has 132 valence electrons. The fourth-order valence-electron chi connectivity index (χ4n) is 2.54. The minimum atomic E-state index is -0.205. The average molecular weight is 381 g/mol. The predicted molar refractivity (Wildman–Crippen MR) is 97.6 cm³/mol. The highest BCUT2D eigenvalue weighted by Gasteiger charge is 2.14. The van der Waals surface area contributed by atoms with Crippen molar-refractivity contribution in [3.8, 4) is 10.4 Å². The molecule has 10 heteroatoms. The number of thiophene rings is 1. The molecule has 0 aromatic carbocycles. The normalized spacial score (nSPS) is 14.3. The van der Waals surface area contributed by atoms with Gasteiger partial charge in [-0.2, -0.15) is 5.10 Å². The van der Waals surface area contributed by atoms with Crippen LogP contribution in [0, 0.1) is 0 Å². The van der Waals surface area contributed by atoms with E-state index < -0.39 is 0 Å². The monoisotopic (exact) mass is 380 g/mol. The zero-order chi connectivity index (χ0) is 16.4.